The molecule has 6 heteroatoms. The Kier molecular flexibility index (Phi) is 3.14. The van der Waals surface area contributed by atoms with Crippen LogP contribution in [0.5, 0.6) is 5.75 Å². The van der Waals surface area contributed by atoms with E-state index >= 15 is 0 Å². The molecule has 0 amide bonds. The molecule has 5 aromatic rings. The quantitative estimate of drug-likeness (QED) is 0.360. The number of nitro groups is 1. The highest BCUT2D eigenvalue weighted by Gasteiger charge is 2.18. The summed E-state index contributed by atoms with van der Waals surface area (Å²) < 4.78 is 1.94. The van der Waals surface area contributed by atoms with Gasteiger partial charge in [0, 0.05) is 22.9 Å². The van der Waals surface area contributed by atoms with E-state index in [4.69, 9.17) is 4.98 Å². The lowest BCUT2D eigenvalue weighted by Crippen LogP contribution is -1.98. The lowest BCUT2D eigenvalue weighted by atomic mass is 10.1. The number of non-ortho nitro benzene ring substituents is 1. The monoisotopic (exact) mass is 355 g/mol. The zero-order valence-electron chi connectivity index (χ0n) is 14.0. The molecule has 2 heterocycles. The zero-order chi connectivity index (χ0) is 18.5. The van der Waals surface area contributed by atoms with Crippen LogP contribution in [0.4, 0.5) is 5.69 Å². The van der Waals surface area contributed by atoms with Gasteiger partial charge in [-0.3, -0.25) is 14.5 Å². The number of phenols is 1. The van der Waals surface area contributed by atoms with Crippen LogP contribution in [0.15, 0.2) is 72.8 Å². The van der Waals surface area contributed by atoms with Gasteiger partial charge in [-0.25, -0.2) is 4.98 Å². The minimum Gasteiger partial charge on any atom is -0.507 e. The first-order valence-electron chi connectivity index (χ1n) is 8.40. The molecule has 5 rings (SSSR count). The molecule has 0 aliphatic rings. The SMILES string of the molecule is O=[N+]([O-])c1ccc(O)c(-c2nc3ccccc3c3cc4ccccc4n23)c1. The minimum atomic E-state index is -0.477. The van der Waals surface area contributed by atoms with Crippen molar-refractivity contribution >= 4 is 33.0 Å². The highest BCUT2D eigenvalue weighted by atomic mass is 16.6. The van der Waals surface area contributed by atoms with Crippen molar-refractivity contribution in [3.63, 3.8) is 0 Å². The molecule has 0 saturated carbocycles. The van der Waals surface area contributed by atoms with E-state index in [-0.39, 0.29) is 11.4 Å². The molecule has 0 bridgehead atoms. The number of para-hydroxylation sites is 2. The van der Waals surface area contributed by atoms with Crippen LogP contribution in [0.1, 0.15) is 0 Å². The number of nitrogens with zero attached hydrogens (tertiary/aromatic N) is 3. The number of hydrogen-bond donors (Lipinski definition) is 1. The summed E-state index contributed by atoms with van der Waals surface area (Å²) >= 11 is 0. The first kappa shape index (κ1) is 15.3. The van der Waals surface area contributed by atoms with Gasteiger partial charge in [-0.05, 0) is 24.3 Å². The number of aromatic nitrogens is 2. The van der Waals surface area contributed by atoms with Crippen LogP contribution < -0.4 is 0 Å². The van der Waals surface area contributed by atoms with Crippen molar-refractivity contribution in [3.05, 3.63) is 82.9 Å². The van der Waals surface area contributed by atoms with Gasteiger partial charge in [-0.2, -0.15) is 0 Å². The number of nitro benzene ring substituents is 1. The number of hydrogen-bond acceptors (Lipinski definition) is 4. The second-order valence-corrected chi connectivity index (χ2v) is 6.33. The molecule has 27 heavy (non-hydrogen) atoms. The maximum Gasteiger partial charge on any atom is 0.270 e. The molecule has 0 unspecified atom stereocenters. The smallest absolute Gasteiger partial charge is 0.270 e. The van der Waals surface area contributed by atoms with Gasteiger partial charge in [-0.15, -0.1) is 0 Å². The topological polar surface area (TPSA) is 80.7 Å². The van der Waals surface area contributed by atoms with E-state index in [1.165, 1.54) is 18.2 Å². The molecule has 0 atom stereocenters. The molecule has 0 fully saturated rings. The van der Waals surface area contributed by atoms with Gasteiger partial charge in [0.1, 0.15) is 11.6 Å². The normalized spacial score (nSPS) is 11.4. The molecular formula is C21H13N3O3. The summed E-state index contributed by atoms with van der Waals surface area (Å²) in [4.78, 5) is 15.5. The highest BCUT2D eigenvalue weighted by molar-refractivity contribution is 6.02. The highest BCUT2D eigenvalue weighted by Crippen LogP contribution is 2.36. The maximum absolute atomic E-state index is 11.2. The Morgan fingerprint density at radius 1 is 0.926 bits per heavy atom. The summed E-state index contributed by atoms with van der Waals surface area (Å²) in [5, 5.41) is 23.7. The summed E-state index contributed by atoms with van der Waals surface area (Å²) in [6.45, 7) is 0. The van der Waals surface area contributed by atoms with Crippen LogP contribution in [-0.2, 0) is 0 Å². The average Bonchev–Trinajstić information content (AvgIpc) is 3.07. The molecule has 3 aromatic carbocycles. The average molecular weight is 355 g/mol. The summed E-state index contributed by atoms with van der Waals surface area (Å²) in [5.74, 6) is 0.411. The van der Waals surface area contributed by atoms with Gasteiger partial charge >= 0.3 is 0 Å². The molecule has 130 valence electrons. The second kappa shape index (κ2) is 5.54. The molecule has 0 aliphatic carbocycles. The van der Waals surface area contributed by atoms with E-state index in [0.29, 0.717) is 11.4 Å². The minimum absolute atomic E-state index is 0.0533. The summed E-state index contributed by atoms with van der Waals surface area (Å²) in [6, 6.07) is 21.6. The van der Waals surface area contributed by atoms with Crippen LogP contribution in [-0.4, -0.2) is 19.4 Å². The summed E-state index contributed by atoms with van der Waals surface area (Å²) in [5.41, 5.74) is 2.84. The largest absolute Gasteiger partial charge is 0.507 e. The van der Waals surface area contributed by atoms with Gasteiger partial charge in [0.15, 0.2) is 0 Å². The number of phenolic OH excluding ortho intramolecular Hbond substituents is 1. The Balaban J connectivity index is 2.00. The Labute approximate surface area is 153 Å². The molecule has 0 radical (unpaired) electrons. The van der Waals surface area contributed by atoms with Crippen LogP contribution in [0.25, 0.3) is 38.7 Å². The summed E-state index contributed by atoms with van der Waals surface area (Å²) in [7, 11) is 0. The number of benzene rings is 3. The predicted octanol–water partition coefficient (Wildman–Crippen LogP) is 4.92. The molecule has 0 spiro atoms. The third-order valence-corrected chi connectivity index (χ3v) is 4.76. The molecular weight excluding hydrogens is 342 g/mol. The van der Waals surface area contributed by atoms with Crippen molar-refractivity contribution < 1.29 is 10.0 Å². The number of aromatic hydroxyl groups is 1. The van der Waals surface area contributed by atoms with Crippen LogP contribution in [0.3, 0.4) is 0 Å². The molecule has 0 aliphatic heterocycles. The molecule has 2 aromatic heterocycles. The lowest BCUT2D eigenvalue weighted by Gasteiger charge is -2.11. The Hall–Kier alpha value is -3.93. The van der Waals surface area contributed by atoms with Gasteiger partial charge in [0.05, 0.1) is 27.0 Å². The predicted molar refractivity (Wildman–Crippen MR) is 104 cm³/mol. The van der Waals surface area contributed by atoms with Crippen LogP contribution in [0.2, 0.25) is 0 Å². The van der Waals surface area contributed by atoms with Crippen molar-refractivity contribution in [2.24, 2.45) is 0 Å². The van der Waals surface area contributed by atoms with Crippen molar-refractivity contribution in [2.45, 2.75) is 0 Å². The van der Waals surface area contributed by atoms with Crippen molar-refractivity contribution in [1.82, 2.24) is 9.38 Å². The van der Waals surface area contributed by atoms with Gasteiger partial charge in [0.25, 0.3) is 5.69 Å². The Bertz CT molecular complexity index is 1370. The maximum atomic E-state index is 11.2. The Morgan fingerprint density at radius 2 is 1.70 bits per heavy atom. The Morgan fingerprint density at radius 3 is 2.56 bits per heavy atom. The van der Waals surface area contributed by atoms with Crippen molar-refractivity contribution in [2.75, 3.05) is 0 Å². The van der Waals surface area contributed by atoms with Gasteiger partial charge in [0.2, 0.25) is 0 Å². The van der Waals surface area contributed by atoms with Crippen LogP contribution >= 0.6 is 0 Å². The molecule has 6 nitrogen and oxygen atoms in total. The van der Waals surface area contributed by atoms with E-state index < -0.39 is 4.92 Å². The van der Waals surface area contributed by atoms with E-state index in [1.807, 2.05) is 52.9 Å². The third kappa shape index (κ3) is 2.23. The van der Waals surface area contributed by atoms with Gasteiger partial charge < -0.3 is 5.11 Å². The lowest BCUT2D eigenvalue weighted by molar-refractivity contribution is -0.384. The number of fused-ring (bicyclic) bond motifs is 5. The van der Waals surface area contributed by atoms with E-state index in [9.17, 15) is 15.2 Å². The third-order valence-electron chi connectivity index (χ3n) is 4.76. The standard InChI is InChI=1S/C21H13N3O3/c25-20-10-9-14(24(26)27)12-16(20)21-22-17-7-3-2-6-15(17)19-11-13-5-1-4-8-18(13)23(19)21/h1-12,25H. The van der Waals surface area contributed by atoms with E-state index in [2.05, 4.69) is 6.07 Å². The van der Waals surface area contributed by atoms with Crippen molar-refractivity contribution in [3.8, 4) is 17.1 Å². The molecule has 1 N–H and O–H groups in total. The second-order valence-electron chi connectivity index (χ2n) is 6.33. The fraction of sp³-hybridized carbons (Fsp3) is 0. The zero-order valence-corrected chi connectivity index (χ0v) is 14.0. The number of rotatable bonds is 2. The van der Waals surface area contributed by atoms with E-state index in [1.54, 1.807) is 0 Å². The van der Waals surface area contributed by atoms with E-state index in [0.717, 1.165) is 27.3 Å². The van der Waals surface area contributed by atoms with Crippen molar-refractivity contribution in [1.29, 1.82) is 0 Å². The first-order chi connectivity index (χ1) is 13.1. The first-order valence-corrected chi connectivity index (χ1v) is 8.40. The fourth-order valence-electron chi connectivity index (χ4n) is 3.53. The van der Waals surface area contributed by atoms with Gasteiger partial charge in [-0.1, -0.05) is 36.4 Å². The fourth-order valence-corrected chi connectivity index (χ4v) is 3.53. The molecule has 0 saturated heterocycles. The van der Waals surface area contributed by atoms with Crippen LogP contribution in [0, 0.1) is 10.1 Å². The summed E-state index contributed by atoms with van der Waals surface area (Å²) in [6.07, 6.45) is 0.